The number of alkyl halides is 1. The zero-order chi connectivity index (χ0) is 10.0. The smallest absolute Gasteiger partial charge is 0.240 e. The lowest BCUT2D eigenvalue weighted by molar-refractivity contribution is -0.137. The number of nitrogens with zero attached hydrogens (tertiary/aromatic N) is 1. The third-order valence-corrected chi connectivity index (χ3v) is 2.20. The number of primary amides is 1. The van der Waals surface area contributed by atoms with Crippen LogP contribution < -0.4 is 5.73 Å². The molecule has 4 nitrogen and oxygen atoms in total. The molecule has 0 saturated carbocycles. The first kappa shape index (κ1) is 9.95. The van der Waals surface area contributed by atoms with Gasteiger partial charge in [-0.15, -0.1) is 0 Å². The fourth-order valence-electron chi connectivity index (χ4n) is 1.53. The Balaban J connectivity index is 2.71. The second-order valence-corrected chi connectivity index (χ2v) is 3.15. The van der Waals surface area contributed by atoms with Crippen LogP contribution in [0.3, 0.4) is 0 Å². The van der Waals surface area contributed by atoms with E-state index in [0.29, 0.717) is 0 Å². The number of carbonyl (C=O) groups excluding carboxylic acids is 2. The average molecular weight is 188 g/mol. The van der Waals surface area contributed by atoms with Gasteiger partial charge in [-0.05, 0) is 0 Å². The molecule has 0 aliphatic carbocycles. The molecule has 0 bridgehead atoms. The van der Waals surface area contributed by atoms with Crippen molar-refractivity contribution >= 4 is 11.8 Å². The largest absolute Gasteiger partial charge is 0.368 e. The summed E-state index contributed by atoms with van der Waals surface area (Å²) < 4.78 is 12.9. The second kappa shape index (κ2) is 3.72. The molecule has 5 heteroatoms. The average Bonchev–Trinajstić information content (AvgIpc) is 2.46. The minimum atomic E-state index is -1.12. The van der Waals surface area contributed by atoms with Gasteiger partial charge in [-0.3, -0.25) is 9.59 Å². The van der Waals surface area contributed by atoms with Crippen LogP contribution in [0.15, 0.2) is 0 Å². The first-order valence-corrected chi connectivity index (χ1v) is 4.29. The van der Waals surface area contributed by atoms with E-state index in [4.69, 9.17) is 5.73 Å². The van der Waals surface area contributed by atoms with Crippen LogP contribution in [0.1, 0.15) is 19.8 Å². The Morgan fingerprint density at radius 3 is 2.69 bits per heavy atom. The van der Waals surface area contributed by atoms with Crippen molar-refractivity contribution in [2.45, 2.75) is 32.0 Å². The van der Waals surface area contributed by atoms with Crippen LogP contribution in [0.4, 0.5) is 4.39 Å². The molecule has 0 aromatic rings. The third-order valence-electron chi connectivity index (χ3n) is 2.20. The van der Waals surface area contributed by atoms with Crippen LogP contribution in [-0.2, 0) is 9.59 Å². The Labute approximate surface area is 75.9 Å². The number of rotatable bonds is 2. The highest BCUT2D eigenvalue weighted by molar-refractivity contribution is 5.87. The second-order valence-electron chi connectivity index (χ2n) is 3.15. The topological polar surface area (TPSA) is 63.4 Å². The molecule has 1 aliphatic heterocycles. The zero-order valence-electron chi connectivity index (χ0n) is 7.50. The van der Waals surface area contributed by atoms with Gasteiger partial charge in [-0.1, -0.05) is 6.92 Å². The van der Waals surface area contributed by atoms with Crippen LogP contribution in [0.2, 0.25) is 0 Å². The molecule has 1 heterocycles. The minimum Gasteiger partial charge on any atom is -0.368 e. The Morgan fingerprint density at radius 1 is 1.62 bits per heavy atom. The lowest BCUT2D eigenvalue weighted by atomic mass is 10.2. The van der Waals surface area contributed by atoms with Crippen LogP contribution in [0.5, 0.6) is 0 Å². The predicted octanol–water partition coefficient (Wildman–Crippen LogP) is -0.179. The van der Waals surface area contributed by atoms with E-state index < -0.39 is 18.1 Å². The molecule has 1 aliphatic rings. The summed E-state index contributed by atoms with van der Waals surface area (Å²) in [5.74, 6) is -0.842. The number of hydrogen-bond donors (Lipinski definition) is 1. The van der Waals surface area contributed by atoms with Crippen molar-refractivity contribution in [3.63, 3.8) is 0 Å². The Hall–Kier alpha value is -1.13. The number of likely N-dealkylation sites (tertiary alicyclic amines) is 1. The van der Waals surface area contributed by atoms with E-state index in [-0.39, 0.29) is 25.3 Å². The van der Waals surface area contributed by atoms with Crippen molar-refractivity contribution in [2.24, 2.45) is 5.73 Å². The summed E-state index contributed by atoms with van der Waals surface area (Å²) in [5.41, 5.74) is 5.04. The van der Waals surface area contributed by atoms with Gasteiger partial charge in [0, 0.05) is 12.8 Å². The fourth-order valence-corrected chi connectivity index (χ4v) is 1.53. The van der Waals surface area contributed by atoms with Crippen LogP contribution in [0, 0.1) is 0 Å². The molecule has 1 rings (SSSR count). The molecular formula is C8H13FN2O2. The first-order chi connectivity index (χ1) is 6.06. The molecule has 13 heavy (non-hydrogen) atoms. The maximum absolute atomic E-state index is 12.9. The van der Waals surface area contributed by atoms with E-state index in [1.165, 1.54) is 4.90 Å². The highest BCUT2D eigenvalue weighted by Crippen LogP contribution is 2.20. The highest BCUT2D eigenvalue weighted by atomic mass is 19.1. The Kier molecular flexibility index (Phi) is 2.85. The van der Waals surface area contributed by atoms with Gasteiger partial charge in [-0.2, -0.15) is 0 Å². The molecule has 0 spiro atoms. The number of nitrogens with two attached hydrogens (primary N) is 1. The van der Waals surface area contributed by atoms with Gasteiger partial charge in [-0.25, -0.2) is 4.39 Å². The van der Waals surface area contributed by atoms with Crippen molar-refractivity contribution in [2.75, 3.05) is 6.54 Å². The quantitative estimate of drug-likeness (QED) is 0.653. The molecular weight excluding hydrogens is 175 g/mol. The molecule has 74 valence electrons. The lowest BCUT2D eigenvalue weighted by Gasteiger charge is -2.20. The summed E-state index contributed by atoms with van der Waals surface area (Å²) >= 11 is 0. The summed E-state index contributed by atoms with van der Waals surface area (Å²) in [6.45, 7) is 1.67. The summed E-state index contributed by atoms with van der Waals surface area (Å²) in [7, 11) is 0. The minimum absolute atomic E-state index is 0.000278. The van der Waals surface area contributed by atoms with Crippen LogP contribution in [0.25, 0.3) is 0 Å². The molecule has 1 saturated heterocycles. The van der Waals surface area contributed by atoms with E-state index in [2.05, 4.69) is 0 Å². The number of carbonyl (C=O) groups is 2. The highest BCUT2D eigenvalue weighted by Gasteiger charge is 2.37. The van der Waals surface area contributed by atoms with Crippen molar-refractivity contribution in [3.05, 3.63) is 0 Å². The van der Waals surface area contributed by atoms with Crippen molar-refractivity contribution in [1.82, 2.24) is 4.90 Å². The van der Waals surface area contributed by atoms with Gasteiger partial charge < -0.3 is 10.6 Å². The van der Waals surface area contributed by atoms with Gasteiger partial charge in [0.15, 0.2) is 0 Å². The molecule has 0 aromatic heterocycles. The van der Waals surface area contributed by atoms with E-state index in [0.717, 1.165) is 0 Å². The van der Waals surface area contributed by atoms with E-state index in [9.17, 15) is 14.0 Å². The monoisotopic (exact) mass is 188 g/mol. The van der Waals surface area contributed by atoms with Gasteiger partial charge >= 0.3 is 0 Å². The van der Waals surface area contributed by atoms with Gasteiger partial charge in [0.05, 0.1) is 6.54 Å². The van der Waals surface area contributed by atoms with Crippen molar-refractivity contribution in [3.8, 4) is 0 Å². The third kappa shape index (κ3) is 1.96. The summed E-state index contributed by atoms with van der Waals surface area (Å²) in [5, 5.41) is 0. The predicted molar refractivity (Wildman–Crippen MR) is 44.5 cm³/mol. The van der Waals surface area contributed by atoms with Gasteiger partial charge in [0.2, 0.25) is 11.8 Å². The first-order valence-electron chi connectivity index (χ1n) is 4.29. The summed E-state index contributed by atoms with van der Waals surface area (Å²) in [4.78, 5) is 23.3. The standard InChI is InChI=1S/C8H13FN2O2/c1-2-7(12)11-4-5(9)3-6(11)8(10)13/h5-6H,2-4H2,1H3,(H2,10,13)/t5-,6-/m0/s1. The lowest BCUT2D eigenvalue weighted by Crippen LogP contribution is -2.43. The van der Waals surface area contributed by atoms with E-state index >= 15 is 0 Å². The number of halogens is 1. The number of hydrogen-bond acceptors (Lipinski definition) is 2. The van der Waals surface area contributed by atoms with E-state index in [1.54, 1.807) is 6.92 Å². The molecule has 0 aromatic carbocycles. The maximum atomic E-state index is 12.9. The molecule has 1 fully saturated rings. The fraction of sp³-hybridized carbons (Fsp3) is 0.750. The van der Waals surface area contributed by atoms with Crippen molar-refractivity contribution in [1.29, 1.82) is 0 Å². The van der Waals surface area contributed by atoms with Crippen LogP contribution in [-0.4, -0.2) is 35.5 Å². The Bertz CT molecular complexity index is 232. The maximum Gasteiger partial charge on any atom is 0.240 e. The number of amides is 2. The van der Waals surface area contributed by atoms with Crippen molar-refractivity contribution < 1.29 is 14.0 Å². The molecule has 0 unspecified atom stereocenters. The van der Waals surface area contributed by atoms with Gasteiger partial charge in [0.25, 0.3) is 0 Å². The van der Waals surface area contributed by atoms with Crippen LogP contribution >= 0.6 is 0 Å². The zero-order valence-corrected chi connectivity index (χ0v) is 7.50. The summed E-state index contributed by atoms with van der Waals surface area (Å²) in [6.07, 6.45) is -0.801. The molecule has 0 radical (unpaired) electrons. The summed E-state index contributed by atoms with van der Waals surface area (Å²) in [6, 6.07) is -0.748. The van der Waals surface area contributed by atoms with Gasteiger partial charge in [0.1, 0.15) is 12.2 Å². The Morgan fingerprint density at radius 2 is 2.23 bits per heavy atom. The molecule has 2 atom stereocenters. The molecule has 2 N–H and O–H groups in total. The SMILES string of the molecule is CCC(=O)N1C[C@@H](F)C[C@H]1C(N)=O. The normalized spacial score (nSPS) is 27.7. The van der Waals surface area contributed by atoms with E-state index in [1.807, 2.05) is 0 Å². The molecule has 2 amide bonds.